The summed E-state index contributed by atoms with van der Waals surface area (Å²) in [6.45, 7) is 8.45. The molecule has 0 unspecified atom stereocenters. The fourth-order valence-corrected chi connectivity index (χ4v) is 6.94. The Morgan fingerprint density at radius 2 is 1.84 bits per heavy atom. The van der Waals surface area contributed by atoms with Crippen molar-refractivity contribution in [3.05, 3.63) is 50.0 Å². The van der Waals surface area contributed by atoms with Crippen molar-refractivity contribution in [2.75, 3.05) is 0 Å². The lowest BCUT2D eigenvalue weighted by atomic mass is 9.70. The minimum absolute atomic E-state index is 0.0566. The fourth-order valence-electron chi connectivity index (χ4n) is 6.03. The number of aliphatic hydroxyl groups is 1. The van der Waals surface area contributed by atoms with Gasteiger partial charge < -0.3 is 9.84 Å². The number of alkyl halides is 3. The van der Waals surface area contributed by atoms with E-state index < -0.39 is 28.9 Å². The summed E-state index contributed by atoms with van der Waals surface area (Å²) < 4.78 is 46.8. The normalized spacial score (nSPS) is 26.0. The largest absolute Gasteiger partial charge is 0.425 e. The predicted molar refractivity (Wildman–Crippen MR) is 118 cm³/mol. The first-order chi connectivity index (χ1) is 14.9. The van der Waals surface area contributed by atoms with Crippen LogP contribution >= 0.6 is 11.3 Å². The summed E-state index contributed by atoms with van der Waals surface area (Å²) in [4.78, 5) is 5.02. The Morgan fingerprint density at radius 1 is 1.16 bits per heavy atom. The molecule has 0 aromatic carbocycles. The highest BCUT2D eigenvalue weighted by Gasteiger charge is 2.53. The van der Waals surface area contributed by atoms with Gasteiger partial charge in [0.1, 0.15) is 11.0 Å². The van der Waals surface area contributed by atoms with Gasteiger partial charge >= 0.3 is 6.18 Å². The van der Waals surface area contributed by atoms with Gasteiger partial charge in [-0.2, -0.15) is 13.2 Å². The number of thiophene rings is 1. The number of halogens is 3. The third-order valence-corrected chi connectivity index (χ3v) is 8.46. The van der Waals surface area contributed by atoms with Crippen molar-refractivity contribution in [2.45, 2.75) is 96.1 Å². The summed E-state index contributed by atoms with van der Waals surface area (Å²) in [6, 6.07) is 2.71. The van der Waals surface area contributed by atoms with E-state index in [9.17, 15) is 18.3 Å². The minimum atomic E-state index is -4.37. The molecule has 2 aliphatic carbocycles. The maximum atomic E-state index is 13.4. The topological polar surface area (TPSA) is 42.4 Å². The van der Waals surface area contributed by atoms with Crippen LogP contribution in [0.5, 0.6) is 0 Å². The second-order valence-corrected chi connectivity index (χ2v) is 11.9. The van der Waals surface area contributed by atoms with Crippen LogP contribution < -0.4 is 0 Å². The van der Waals surface area contributed by atoms with Gasteiger partial charge in [-0.15, -0.1) is 11.3 Å². The molecule has 0 bridgehead atoms. The van der Waals surface area contributed by atoms with Gasteiger partial charge in [-0.05, 0) is 54.7 Å². The molecule has 0 saturated heterocycles. The minimum Gasteiger partial charge on any atom is -0.388 e. The van der Waals surface area contributed by atoms with Crippen molar-refractivity contribution < 1.29 is 23.0 Å². The number of hydrogen-bond donors (Lipinski definition) is 1. The van der Waals surface area contributed by atoms with E-state index in [2.05, 4.69) is 27.7 Å². The maximum absolute atomic E-state index is 13.4. The number of ether oxygens (including phenoxy) is 1. The fraction of sp³-hybridized carbons (Fsp3) is 0.640. The molecule has 2 aromatic heterocycles. The molecule has 0 radical (unpaired) electrons. The van der Waals surface area contributed by atoms with Gasteiger partial charge in [0.25, 0.3) is 0 Å². The second kappa shape index (κ2) is 7.28. The van der Waals surface area contributed by atoms with Crippen molar-refractivity contribution in [2.24, 2.45) is 5.41 Å². The van der Waals surface area contributed by atoms with E-state index >= 15 is 0 Å². The van der Waals surface area contributed by atoms with Crippen LogP contribution in [0.1, 0.15) is 116 Å². The smallest absolute Gasteiger partial charge is 0.388 e. The summed E-state index contributed by atoms with van der Waals surface area (Å²) in [5.41, 5.74) is 4.09. The van der Waals surface area contributed by atoms with Crippen LogP contribution in [-0.2, 0) is 22.9 Å². The van der Waals surface area contributed by atoms with E-state index in [1.807, 2.05) is 0 Å². The molecule has 5 rings (SSSR count). The molecule has 1 spiro atoms. The Hall–Kier alpha value is -1.44. The summed E-state index contributed by atoms with van der Waals surface area (Å²) in [5, 5.41) is 11.3. The molecule has 3 aliphatic rings. The molecule has 0 amide bonds. The zero-order valence-corrected chi connectivity index (χ0v) is 19.8. The van der Waals surface area contributed by atoms with Crippen LogP contribution in [-0.4, -0.2) is 10.1 Å². The lowest BCUT2D eigenvalue weighted by Crippen LogP contribution is -2.32. The molecule has 7 heteroatoms. The van der Waals surface area contributed by atoms with Crippen LogP contribution in [0, 0.1) is 5.41 Å². The molecule has 1 N–H and O–H groups in total. The van der Waals surface area contributed by atoms with Crippen molar-refractivity contribution in [3.63, 3.8) is 0 Å². The molecule has 2 aromatic rings. The van der Waals surface area contributed by atoms with Crippen molar-refractivity contribution in [1.82, 2.24) is 4.98 Å². The SMILES string of the molecule is CC(C)c1nc2c(c3c1[C@@H](c1ccc(C(F)(F)F)s1)OC31CCCC1)[C@@H](O)CC(C)(C)C2. The number of fused-ring (bicyclic) bond motifs is 4. The Morgan fingerprint density at radius 3 is 2.44 bits per heavy atom. The highest BCUT2D eigenvalue weighted by molar-refractivity contribution is 7.12. The molecule has 32 heavy (non-hydrogen) atoms. The van der Waals surface area contributed by atoms with E-state index in [0.29, 0.717) is 11.3 Å². The maximum Gasteiger partial charge on any atom is 0.425 e. The van der Waals surface area contributed by atoms with Gasteiger partial charge in [0.15, 0.2) is 0 Å². The highest BCUT2D eigenvalue weighted by Crippen LogP contribution is 2.60. The molecule has 3 nitrogen and oxygen atoms in total. The van der Waals surface area contributed by atoms with Gasteiger partial charge in [0.2, 0.25) is 0 Å². The molecule has 1 aliphatic heterocycles. The number of rotatable bonds is 2. The van der Waals surface area contributed by atoms with Crippen LogP contribution in [0.2, 0.25) is 0 Å². The zero-order chi connectivity index (χ0) is 23.1. The van der Waals surface area contributed by atoms with Gasteiger partial charge in [-0.3, -0.25) is 4.98 Å². The number of aromatic nitrogens is 1. The zero-order valence-electron chi connectivity index (χ0n) is 19.0. The number of hydrogen-bond acceptors (Lipinski definition) is 4. The molecule has 1 saturated carbocycles. The molecule has 1 fully saturated rings. The average molecular weight is 466 g/mol. The van der Waals surface area contributed by atoms with E-state index in [1.54, 1.807) is 6.07 Å². The molecule has 2 atom stereocenters. The molecular formula is C25H30F3NO2S. The number of pyridine rings is 1. The van der Waals surface area contributed by atoms with Gasteiger partial charge in [-0.25, -0.2) is 0 Å². The van der Waals surface area contributed by atoms with Gasteiger partial charge in [-0.1, -0.05) is 40.5 Å². The first kappa shape index (κ1) is 22.4. The summed E-state index contributed by atoms with van der Waals surface area (Å²) in [6.07, 6.45) is -0.452. The average Bonchev–Trinajstić information content (AvgIpc) is 3.39. The first-order valence-corrected chi connectivity index (χ1v) is 12.3. The highest BCUT2D eigenvalue weighted by atomic mass is 32.1. The summed E-state index contributed by atoms with van der Waals surface area (Å²) in [7, 11) is 0. The van der Waals surface area contributed by atoms with Crippen LogP contribution in [0.15, 0.2) is 12.1 Å². The first-order valence-electron chi connectivity index (χ1n) is 11.5. The van der Waals surface area contributed by atoms with Crippen molar-refractivity contribution in [1.29, 1.82) is 0 Å². The van der Waals surface area contributed by atoms with E-state index in [1.165, 1.54) is 0 Å². The predicted octanol–water partition coefficient (Wildman–Crippen LogP) is 7.18. The van der Waals surface area contributed by atoms with E-state index in [-0.39, 0.29) is 11.3 Å². The Bertz CT molecular complexity index is 1050. The Labute approximate surface area is 191 Å². The van der Waals surface area contributed by atoms with Gasteiger partial charge in [0, 0.05) is 27.4 Å². The second-order valence-electron chi connectivity index (χ2n) is 10.8. The van der Waals surface area contributed by atoms with E-state index in [0.717, 1.165) is 77.6 Å². The lowest BCUT2D eigenvalue weighted by molar-refractivity contribution is -0.134. The molecular weight excluding hydrogens is 435 g/mol. The lowest BCUT2D eigenvalue weighted by Gasteiger charge is -2.38. The van der Waals surface area contributed by atoms with Crippen LogP contribution in [0.25, 0.3) is 0 Å². The van der Waals surface area contributed by atoms with Crippen LogP contribution in [0.3, 0.4) is 0 Å². The van der Waals surface area contributed by atoms with Crippen molar-refractivity contribution in [3.8, 4) is 0 Å². The van der Waals surface area contributed by atoms with Gasteiger partial charge in [0.05, 0.1) is 11.7 Å². The molecule has 3 heterocycles. The monoisotopic (exact) mass is 465 g/mol. The quantitative estimate of drug-likeness (QED) is 0.511. The number of nitrogens with zero attached hydrogens (tertiary/aromatic N) is 1. The van der Waals surface area contributed by atoms with Crippen LogP contribution in [0.4, 0.5) is 13.2 Å². The van der Waals surface area contributed by atoms with Crippen molar-refractivity contribution >= 4 is 11.3 Å². The Balaban J connectivity index is 1.76. The third-order valence-electron chi connectivity index (χ3n) is 7.29. The molecule has 174 valence electrons. The van der Waals surface area contributed by atoms with E-state index in [4.69, 9.17) is 9.72 Å². The number of aliphatic hydroxyl groups excluding tert-OH is 1. The summed E-state index contributed by atoms with van der Waals surface area (Å²) in [5.74, 6) is 0.0981. The summed E-state index contributed by atoms with van der Waals surface area (Å²) >= 11 is 0.761. The third kappa shape index (κ3) is 3.43. The Kier molecular flexibility index (Phi) is 5.08. The standard InChI is InChI=1S/C25H30F3NO2S/c1-13(2)21-19-20(18-14(29-21)11-23(3,4)12-15(18)30)24(9-5-6-10-24)31-22(19)16-7-8-17(32-16)25(26,27)28/h7-8,13,15,22,30H,5-6,9-12H2,1-4H3/t15-,22+/m0/s1.